The number of carbonyl (C=O) groups is 3. The third kappa shape index (κ3) is 19.2. The summed E-state index contributed by atoms with van der Waals surface area (Å²) in [5.41, 5.74) is 12.7. The lowest BCUT2D eigenvalue weighted by Crippen LogP contribution is -2.06. The molecule has 31 heteroatoms. The Hall–Kier alpha value is -16.9. The summed E-state index contributed by atoms with van der Waals surface area (Å²) in [5.74, 6) is -1.55. The number of carbonyl (C=O) groups excluding carboxylic acids is 9. The number of para-hydroxylation sites is 3. The van der Waals surface area contributed by atoms with E-state index >= 15 is 0 Å². The van der Waals surface area contributed by atoms with Gasteiger partial charge in [-0.2, -0.15) is 38.4 Å². The van der Waals surface area contributed by atoms with Crippen molar-refractivity contribution in [3.05, 3.63) is 334 Å². The molecule has 6 heterocycles. The molecule has 18 rings (SSSR count). The van der Waals surface area contributed by atoms with Crippen LogP contribution in [0.2, 0.25) is 15.1 Å². The zero-order valence-electron chi connectivity index (χ0n) is 65.9. The predicted molar refractivity (Wildman–Crippen MR) is 470 cm³/mol. The normalized spacial score (nSPS) is 10.5. The molecule has 0 saturated carbocycles. The van der Waals surface area contributed by atoms with E-state index in [1.165, 1.54) is 55.5 Å². The molecule has 3 aliphatic heterocycles. The van der Waals surface area contributed by atoms with Gasteiger partial charge in [-0.05, 0) is 132 Å². The molecule has 8 N–H and O–H groups in total. The highest BCUT2D eigenvalue weighted by Crippen LogP contribution is 2.49. The molecule has 0 saturated heterocycles. The van der Waals surface area contributed by atoms with Gasteiger partial charge < -0.3 is 54.7 Å². The van der Waals surface area contributed by atoms with Crippen LogP contribution in [0.4, 0.5) is 17.1 Å². The lowest BCUT2D eigenvalue weighted by Gasteiger charge is -2.19. The Morgan fingerprint density at radius 1 is 0.370 bits per heavy atom. The number of ketones is 1. The van der Waals surface area contributed by atoms with Crippen LogP contribution in [0.15, 0.2) is 277 Å². The second kappa shape index (κ2) is 40.2. The SMILES string of the molecule is CC(=O)c1ccc2cccc(NCc3c(O)ccc4c(-c5ccccc5C(=O)O)c5cc(Cl)c(=O)cc-5oc34)c2n1.Cc1ccccc1-c1c2cc(Cl)c(=O)cc-2oc2c(CNc3cccc4cccnc34)c(O)ccc12.O=C(O)c1ccccc1-c1c2cc(Cl)c(=O)cc-2oc2c(CNc3cccc4cccnc34)c(O)ccc12.O=C=O.O=C=O.O=C=O.O=C=O. The Morgan fingerprint density at radius 3 is 1.03 bits per heavy atom. The number of fused-ring (bicyclic) bond motifs is 9. The number of phenolic OH excluding ortho intramolecular Hbond substituents is 3. The molecular weight excluding hydrogens is 1700 g/mol. The average Bonchev–Trinajstić information content (AvgIpc) is 0.745. The van der Waals surface area contributed by atoms with Gasteiger partial charge in [0.15, 0.2) is 5.78 Å². The van der Waals surface area contributed by atoms with Crippen LogP contribution >= 0.6 is 34.8 Å². The molecule has 0 fully saturated rings. The number of phenols is 3. The summed E-state index contributed by atoms with van der Waals surface area (Å²) >= 11 is 18.7. The number of hydrogen-bond donors (Lipinski definition) is 8. The van der Waals surface area contributed by atoms with Crippen molar-refractivity contribution in [1.29, 1.82) is 0 Å². The first kappa shape index (κ1) is 89.3. The molecule has 6 aliphatic rings. The quantitative estimate of drug-likeness (QED) is 0.0349. The number of nitrogens with one attached hydrogen (secondary N) is 3. The van der Waals surface area contributed by atoms with Gasteiger partial charge in [0.25, 0.3) is 0 Å². The predicted octanol–water partition coefficient (Wildman–Crippen LogP) is 18.8. The van der Waals surface area contributed by atoms with Crippen LogP contribution < -0.4 is 32.2 Å². The summed E-state index contributed by atoms with van der Waals surface area (Å²) in [6, 6.07) is 68.0. The Labute approximate surface area is 729 Å². The molecule has 0 spiro atoms. The number of Topliss-reactive ketones (excluding diaryl/α,β-unsaturated/α-hetero) is 1. The van der Waals surface area contributed by atoms with Crippen LogP contribution in [-0.2, 0) is 58.0 Å². The summed E-state index contributed by atoms with van der Waals surface area (Å²) < 4.78 is 18.7. The minimum Gasteiger partial charge on any atom is -0.507 e. The molecular formula is C96H61Cl3N6O22. The van der Waals surface area contributed by atoms with Gasteiger partial charge in [0, 0.05) is 123 Å². The molecule has 3 aromatic heterocycles. The van der Waals surface area contributed by atoms with E-state index in [0.29, 0.717) is 101 Å². The number of aryl methyl sites for hydroxylation is 1. The molecule has 12 aromatic rings. The number of benzene rings is 12. The van der Waals surface area contributed by atoms with Gasteiger partial charge in [-0.25, -0.2) is 14.6 Å². The topological polar surface area (TPSA) is 454 Å². The fourth-order valence-electron chi connectivity index (χ4n) is 14.5. The number of rotatable bonds is 15. The average molecular weight is 1760 g/mol. The van der Waals surface area contributed by atoms with Crippen molar-refractivity contribution in [2.75, 3.05) is 16.0 Å². The number of halogens is 3. The fourth-order valence-corrected chi connectivity index (χ4v) is 15.0. The highest BCUT2D eigenvalue weighted by molar-refractivity contribution is 6.32. The van der Waals surface area contributed by atoms with Gasteiger partial charge in [-0.3, -0.25) is 29.1 Å². The first-order valence-electron chi connectivity index (χ1n) is 37.5. The maximum absolute atomic E-state index is 12.5. The van der Waals surface area contributed by atoms with E-state index < -0.39 is 22.8 Å². The number of nitrogens with zero attached hydrogens (tertiary/aromatic N) is 3. The van der Waals surface area contributed by atoms with E-state index in [9.17, 15) is 54.3 Å². The van der Waals surface area contributed by atoms with Gasteiger partial charge in [0.1, 0.15) is 57.0 Å². The van der Waals surface area contributed by atoms with E-state index in [1.54, 1.807) is 85.2 Å². The molecule has 0 unspecified atom stereocenters. The van der Waals surface area contributed by atoms with Crippen molar-refractivity contribution < 1.29 is 91.5 Å². The second-order valence-corrected chi connectivity index (χ2v) is 28.6. The zero-order chi connectivity index (χ0) is 90.9. The number of carboxylic acid groups (broad SMARTS) is 2. The number of anilines is 3. The summed E-state index contributed by atoms with van der Waals surface area (Å²) in [4.78, 5) is 152. The van der Waals surface area contributed by atoms with Crippen LogP contribution in [-0.4, -0.2) is 82.8 Å². The third-order valence-corrected chi connectivity index (χ3v) is 20.9. The first-order valence-corrected chi connectivity index (χ1v) is 38.7. The van der Waals surface area contributed by atoms with Gasteiger partial charge in [-0.1, -0.05) is 150 Å². The van der Waals surface area contributed by atoms with Crippen molar-refractivity contribution in [2.24, 2.45) is 0 Å². The Morgan fingerprint density at radius 2 is 0.685 bits per heavy atom. The van der Waals surface area contributed by atoms with Crippen LogP contribution in [0.25, 0.3) is 133 Å². The maximum atomic E-state index is 12.5. The third-order valence-electron chi connectivity index (χ3n) is 20.0. The summed E-state index contributed by atoms with van der Waals surface area (Å²) in [7, 11) is 0. The highest BCUT2D eigenvalue weighted by Gasteiger charge is 2.29. The van der Waals surface area contributed by atoms with Crippen LogP contribution in [0, 0.1) is 6.92 Å². The van der Waals surface area contributed by atoms with Crippen molar-refractivity contribution in [3.8, 4) is 84.6 Å². The van der Waals surface area contributed by atoms with E-state index in [1.807, 2.05) is 122 Å². The lowest BCUT2D eigenvalue weighted by atomic mass is 9.90. The lowest BCUT2D eigenvalue weighted by molar-refractivity contribution is -0.193. The van der Waals surface area contributed by atoms with E-state index in [0.717, 1.165) is 66.2 Å². The summed E-state index contributed by atoms with van der Waals surface area (Å²) in [6.07, 6.45) is 4.46. The van der Waals surface area contributed by atoms with Gasteiger partial charge in [0.2, 0.25) is 16.3 Å². The number of pyridine rings is 3. The van der Waals surface area contributed by atoms with Crippen LogP contribution in [0.1, 0.15) is 60.4 Å². The van der Waals surface area contributed by atoms with Crippen molar-refractivity contribution >= 4 is 160 Å². The second-order valence-electron chi connectivity index (χ2n) is 27.4. The van der Waals surface area contributed by atoms with Gasteiger partial charge >= 0.3 is 36.5 Å². The number of aromatic nitrogens is 3. The smallest absolute Gasteiger partial charge is 0.373 e. The molecule has 9 aromatic carbocycles. The van der Waals surface area contributed by atoms with Crippen molar-refractivity contribution in [3.63, 3.8) is 0 Å². The Bertz CT molecular complexity index is 7540. The molecule has 628 valence electrons. The van der Waals surface area contributed by atoms with Crippen LogP contribution in [0.5, 0.6) is 17.2 Å². The highest BCUT2D eigenvalue weighted by atomic mass is 35.5. The fraction of sp³-hybridized carbons (Fsp3) is 0.0521. The standard InChI is InChI=1S/C32H21ClN2O6.C30H19ClN2O5.C30H21ClN2O3.4CO2/c1-16(36)24-11-9-17-5-4-8-25(30(17)35-24)34-15-22-26(37)12-10-20-29(18-6-2-3-7-19(18)32(39)40)21-13-23(33)27(38)14-28(21)41-31(20)22;31-22-13-20-26(14-25(22)35)38-29-19(27(20)17-7-1-2-8-18(17)30(36)37)10-11-24(34)21(29)15-33-23-9-3-5-16-6-4-12-32-28(16)23;1-17-6-2-3-9-19(17)28-20-11-12-25(34)22(30(20)36-27-15-26(35)23(31)14-21(27)28)16-33-24-10-4-7-18-8-5-13-32-29(18)24;4*2-1-3/h2-14,34,37H,15H2,1H3,(H,39,40);1-14,33-34H,15H2,(H,36,37);2-15,33-34H,16H2,1H3;;;;. The summed E-state index contributed by atoms with van der Waals surface area (Å²) in [5, 5.41) is 67.4. The molecule has 0 radical (unpaired) electrons. The van der Waals surface area contributed by atoms with Crippen LogP contribution in [0.3, 0.4) is 0 Å². The minimum absolute atomic E-state index is 0.00905. The summed E-state index contributed by atoms with van der Waals surface area (Å²) in [6.45, 7) is 4.04. The number of aromatic hydroxyl groups is 3. The minimum atomic E-state index is -1.12. The Balaban J connectivity index is 0.000000163. The van der Waals surface area contributed by atoms with Crippen molar-refractivity contribution in [2.45, 2.75) is 33.5 Å². The van der Waals surface area contributed by atoms with Crippen molar-refractivity contribution in [1.82, 2.24) is 15.0 Å². The number of hydrogen-bond acceptors (Lipinski definition) is 26. The first-order chi connectivity index (χ1) is 61.3. The number of carboxylic acids is 2. The monoisotopic (exact) mass is 1750 g/mol. The molecule has 0 amide bonds. The van der Waals surface area contributed by atoms with E-state index in [4.69, 9.17) is 86.4 Å². The maximum Gasteiger partial charge on any atom is 0.373 e. The molecule has 0 atom stereocenters. The number of aromatic carboxylic acids is 2. The Kier molecular flexibility index (Phi) is 28.3. The van der Waals surface area contributed by atoms with E-state index in [2.05, 4.69) is 30.9 Å². The van der Waals surface area contributed by atoms with Gasteiger partial charge in [0.05, 0.1) is 76.5 Å². The molecule has 28 nitrogen and oxygen atoms in total. The largest absolute Gasteiger partial charge is 0.507 e. The molecule has 127 heavy (non-hydrogen) atoms. The molecule has 0 bridgehead atoms. The van der Waals surface area contributed by atoms with E-state index in [-0.39, 0.29) is 109 Å². The van der Waals surface area contributed by atoms with Gasteiger partial charge in [-0.15, -0.1) is 0 Å². The zero-order valence-corrected chi connectivity index (χ0v) is 68.2. The molecule has 3 aliphatic carbocycles.